The van der Waals surface area contributed by atoms with E-state index in [1.54, 1.807) is 0 Å². The van der Waals surface area contributed by atoms with E-state index in [2.05, 4.69) is 10.3 Å². The molecule has 0 aliphatic carbocycles. The summed E-state index contributed by atoms with van der Waals surface area (Å²) in [7, 11) is 0. The second-order valence-electron chi connectivity index (χ2n) is 4.01. The van der Waals surface area contributed by atoms with Crippen LogP contribution in [0.5, 0.6) is 0 Å². The lowest BCUT2D eigenvalue weighted by molar-refractivity contribution is -0.144. The van der Waals surface area contributed by atoms with Crippen LogP contribution in [0, 0.1) is 5.82 Å². The van der Waals surface area contributed by atoms with Gasteiger partial charge in [0.1, 0.15) is 11.5 Å². The lowest BCUT2D eigenvalue weighted by Crippen LogP contribution is -2.55. The number of nitrogens with one attached hydrogen (secondary N) is 1. The molecule has 1 atom stereocenters. The molecule has 7 heteroatoms. The van der Waals surface area contributed by atoms with Crippen LogP contribution < -0.4 is 5.32 Å². The van der Waals surface area contributed by atoms with Crippen molar-refractivity contribution in [1.82, 2.24) is 10.3 Å². The number of hydrogen-bond donors (Lipinski definition) is 2. The van der Waals surface area contributed by atoms with Crippen LogP contribution in [0.4, 0.5) is 4.39 Å². The van der Waals surface area contributed by atoms with Crippen molar-refractivity contribution in [3.05, 3.63) is 29.8 Å². The molecular weight excluding hydrogens is 243 g/mol. The average Bonchev–Trinajstić information content (AvgIpc) is 2.79. The zero-order valence-electron chi connectivity index (χ0n) is 9.35. The SMILES string of the molecule is O=C(NC1(C(=O)O)CCOC1)c1ccc(F)cn1. The van der Waals surface area contributed by atoms with Gasteiger partial charge in [-0.25, -0.2) is 14.2 Å². The van der Waals surface area contributed by atoms with Gasteiger partial charge in [-0.15, -0.1) is 0 Å². The fourth-order valence-electron chi connectivity index (χ4n) is 1.68. The van der Waals surface area contributed by atoms with E-state index in [0.29, 0.717) is 0 Å². The van der Waals surface area contributed by atoms with Crippen molar-refractivity contribution in [2.45, 2.75) is 12.0 Å². The summed E-state index contributed by atoms with van der Waals surface area (Å²) in [6.07, 6.45) is 1.09. The number of ether oxygens (including phenoxy) is 1. The number of pyridine rings is 1. The van der Waals surface area contributed by atoms with Gasteiger partial charge in [-0.2, -0.15) is 0 Å². The van der Waals surface area contributed by atoms with Crippen LogP contribution in [0.1, 0.15) is 16.9 Å². The van der Waals surface area contributed by atoms with E-state index in [1.807, 2.05) is 0 Å². The molecule has 1 aromatic heterocycles. The molecule has 2 heterocycles. The molecule has 0 spiro atoms. The lowest BCUT2D eigenvalue weighted by atomic mass is 9.99. The Morgan fingerprint density at radius 2 is 2.28 bits per heavy atom. The minimum absolute atomic E-state index is 0.0380. The summed E-state index contributed by atoms with van der Waals surface area (Å²) < 4.78 is 17.7. The van der Waals surface area contributed by atoms with Crippen LogP contribution in [-0.2, 0) is 9.53 Å². The Labute approximate surface area is 102 Å². The zero-order valence-corrected chi connectivity index (χ0v) is 9.35. The van der Waals surface area contributed by atoms with Gasteiger partial charge in [0.2, 0.25) is 0 Å². The second kappa shape index (κ2) is 4.69. The minimum atomic E-state index is -1.42. The van der Waals surface area contributed by atoms with E-state index in [1.165, 1.54) is 6.07 Å². The molecule has 1 amide bonds. The fourth-order valence-corrected chi connectivity index (χ4v) is 1.68. The summed E-state index contributed by atoms with van der Waals surface area (Å²) in [5.74, 6) is -2.39. The van der Waals surface area contributed by atoms with Crippen LogP contribution in [0.25, 0.3) is 0 Å². The van der Waals surface area contributed by atoms with E-state index in [0.717, 1.165) is 12.3 Å². The number of aliphatic carboxylic acids is 1. The molecule has 0 saturated carbocycles. The van der Waals surface area contributed by atoms with Crippen LogP contribution in [0.2, 0.25) is 0 Å². The number of amides is 1. The summed E-state index contributed by atoms with van der Waals surface area (Å²) >= 11 is 0. The quantitative estimate of drug-likeness (QED) is 0.804. The smallest absolute Gasteiger partial charge is 0.331 e. The number of aromatic nitrogens is 1. The van der Waals surface area contributed by atoms with Gasteiger partial charge in [-0.1, -0.05) is 0 Å². The highest BCUT2D eigenvalue weighted by Gasteiger charge is 2.44. The highest BCUT2D eigenvalue weighted by Crippen LogP contribution is 2.19. The molecule has 1 saturated heterocycles. The Bertz CT molecular complexity index is 468. The number of halogens is 1. The Kier molecular flexibility index (Phi) is 3.24. The highest BCUT2D eigenvalue weighted by atomic mass is 19.1. The number of carbonyl (C=O) groups excluding carboxylic acids is 1. The molecule has 0 radical (unpaired) electrons. The number of hydrogen-bond acceptors (Lipinski definition) is 4. The first-order valence-electron chi connectivity index (χ1n) is 5.29. The maximum Gasteiger partial charge on any atom is 0.331 e. The number of carboxylic acids is 1. The largest absolute Gasteiger partial charge is 0.479 e. The maximum absolute atomic E-state index is 12.7. The normalized spacial score (nSPS) is 22.7. The third-order valence-electron chi connectivity index (χ3n) is 2.74. The van der Waals surface area contributed by atoms with Gasteiger partial charge in [0.05, 0.1) is 12.8 Å². The first-order valence-corrected chi connectivity index (χ1v) is 5.29. The molecule has 1 aromatic rings. The average molecular weight is 254 g/mol. The van der Waals surface area contributed by atoms with Crippen molar-refractivity contribution >= 4 is 11.9 Å². The zero-order chi connectivity index (χ0) is 13.2. The molecule has 0 aromatic carbocycles. The highest BCUT2D eigenvalue weighted by molar-refractivity contribution is 5.96. The summed E-state index contributed by atoms with van der Waals surface area (Å²) in [6.45, 7) is 0.179. The van der Waals surface area contributed by atoms with Crippen molar-refractivity contribution in [1.29, 1.82) is 0 Å². The molecule has 1 aliphatic rings. The summed E-state index contributed by atoms with van der Waals surface area (Å²) in [5.41, 5.74) is -1.46. The third kappa shape index (κ3) is 2.30. The summed E-state index contributed by atoms with van der Waals surface area (Å²) in [5, 5.41) is 11.5. The molecule has 1 fully saturated rings. The van der Waals surface area contributed by atoms with Gasteiger partial charge < -0.3 is 15.2 Å². The van der Waals surface area contributed by atoms with Crippen molar-refractivity contribution < 1.29 is 23.8 Å². The Balaban J connectivity index is 2.15. The summed E-state index contributed by atoms with van der Waals surface area (Å²) in [4.78, 5) is 26.6. The van der Waals surface area contributed by atoms with Gasteiger partial charge in [-0.05, 0) is 12.1 Å². The van der Waals surface area contributed by atoms with Crippen molar-refractivity contribution in [2.75, 3.05) is 13.2 Å². The molecule has 2 N–H and O–H groups in total. The van der Waals surface area contributed by atoms with E-state index in [-0.39, 0.29) is 25.3 Å². The number of carbonyl (C=O) groups is 2. The number of rotatable bonds is 3. The van der Waals surface area contributed by atoms with Crippen LogP contribution >= 0.6 is 0 Å². The van der Waals surface area contributed by atoms with Crippen molar-refractivity contribution in [2.24, 2.45) is 0 Å². The Morgan fingerprint density at radius 1 is 1.50 bits per heavy atom. The van der Waals surface area contributed by atoms with Gasteiger partial charge in [0, 0.05) is 13.0 Å². The molecule has 96 valence electrons. The molecule has 6 nitrogen and oxygen atoms in total. The number of nitrogens with zero attached hydrogens (tertiary/aromatic N) is 1. The first-order chi connectivity index (χ1) is 8.53. The standard InChI is InChI=1S/C11H11FN2O4/c12-7-1-2-8(13-5-7)9(15)14-11(10(16)17)3-4-18-6-11/h1-2,5H,3-4,6H2,(H,14,15)(H,16,17). The molecule has 18 heavy (non-hydrogen) atoms. The lowest BCUT2D eigenvalue weighted by Gasteiger charge is -2.23. The Morgan fingerprint density at radius 3 is 2.78 bits per heavy atom. The van der Waals surface area contributed by atoms with Crippen molar-refractivity contribution in [3.63, 3.8) is 0 Å². The maximum atomic E-state index is 12.7. The monoisotopic (exact) mass is 254 g/mol. The fraction of sp³-hybridized carbons (Fsp3) is 0.364. The van der Waals surface area contributed by atoms with Crippen LogP contribution in [0.15, 0.2) is 18.3 Å². The molecular formula is C11H11FN2O4. The van der Waals surface area contributed by atoms with Crippen LogP contribution in [0.3, 0.4) is 0 Å². The van der Waals surface area contributed by atoms with E-state index >= 15 is 0 Å². The van der Waals surface area contributed by atoms with Gasteiger partial charge in [0.25, 0.3) is 5.91 Å². The minimum Gasteiger partial charge on any atom is -0.479 e. The third-order valence-corrected chi connectivity index (χ3v) is 2.74. The Hall–Kier alpha value is -2.02. The van der Waals surface area contributed by atoms with E-state index in [4.69, 9.17) is 9.84 Å². The molecule has 2 rings (SSSR count). The second-order valence-corrected chi connectivity index (χ2v) is 4.01. The van der Waals surface area contributed by atoms with E-state index < -0.39 is 23.2 Å². The molecule has 1 aliphatic heterocycles. The van der Waals surface area contributed by atoms with Crippen LogP contribution in [-0.4, -0.2) is 40.7 Å². The van der Waals surface area contributed by atoms with E-state index in [9.17, 15) is 14.0 Å². The van der Waals surface area contributed by atoms with Crippen molar-refractivity contribution in [3.8, 4) is 0 Å². The summed E-state index contributed by atoms with van der Waals surface area (Å²) in [6, 6.07) is 2.27. The molecule has 1 unspecified atom stereocenters. The van der Waals surface area contributed by atoms with Gasteiger partial charge in [-0.3, -0.25) is 4.79 Å². The predicted octanol–water partition coefficient (Wildman–Crippen LogP) is 0.194. The topological polar surface area (TPSA) is 88.5 Å². The van der Waals surface area contributed by atoms with Gasteiger partial charge >= 0.3 is 5.97 Å². The first kappa shape index (κ1) is 12.4. The van der Waals surface area contributed by atoms with Gasteiger partial charge in [0.15, 0.2) is 5.54 Å². The predicted molar refractivity (Wildman–Crippen MR) is 57.5 cm³/mol. The number of carboxylic acid groups (broad SMARTS) is 1. The molecule has 0 bridgehead atoms.